The molecule has 4 heteroatoms. The topological polar surface area (TPSA) is 29.1 Å². The largest absolute Gasteiger partial charge is 0.349 e. The van der Waals surface area contributed by atoms with Crippen molar-refractivity contribution in [3.05, 3.63) is 35.4 Å². The lowest BCUT2D eigenvalue weighted by Gasteiger charge is -2.39. The summed E-state index contributed by atoms with van der Waals surface area (Å²) in [5, 5.41) is 2.89. The van der Waals surface area contributed by atoms with Crippen molar-refractivity contribution >= 4 is 5.91 Å². The van der Waals surface area contributed by atoms with Gasteiger partial charge >= 0.3 is 0 Å². The first-order valence-corrected chi connectivity index (χ1v) is 7.52. The maximum Gasteiger partial charge on any atom is 0.257 e. The number of hydrogen-bond donors (Lipinski definition) is 1. The molecular weight excluding hydrogens is 272 g/mol. The van der Waals surface area contributed by atoms with E-state index in [0.29, 0.717) is 5.92 Å². The summed E-state index contributed by atoms with van der Waals surface area (Å²) in [7, 11) is 0. The average Bonchev–Trinajstić information content (AvgIpc) is 2.71. The standard InChI is InChI=1S/C17H21F2NO/c1-16(2)10-7-8-17(16,3)13(9-10)20-15(21)14-11(18)5-4-6-12(14)19/h4-6,10,13H,7-9H2,1-3H3,(H,20,21). The SMILES string of the molecule is CC1(C)C2CCC1(C)C(NC(=O)c1c(F)cccc1F)C2. The molecular formula is C17H21F2NO. The van der Waals surface area contributed by atoms with Crippen LogP contribution in [0.1, 0.15) is 50.4 Å². The van der Waals surface area contributed by atoms with Gasteiger partial charge in [-0.2, -0.15) is 0 Å². The van der Waals surface area contributed by atoms with Crippen LogP contribution in [0, 0.1) is 28.4 Å². The minimum Gasteiger partial charge on any atom is -0.349 e. The summed E-state index contributed by atoms with van der Waals surface area (Å²) < 4.78 is 27.4. The molecule has 2 nitrogen and oxygen atoms in total. The molecule has 1 amide bonds. The third-order valence-electron chi connectivity index (χ3n) is 6.29. The van der Waals surface area contributed by atoms with Crippen LogP contribution in [0.4, 0.5) is 8.78 Å². The second kappa shape index (κ2) is 4.52. The number of nitrogens with one attached hydrogen (secondary N) is 1. The number of hydrogen-bond acceptors (Lipinski definition) is 1. The normalized spacial score (nSPS) is 33.2. The van der Waals surface area contributed by atoms with Gasteiger partial charge in [-0.25, -0.2) is 8.78 Å². The highest BCUT2D eigenvalue weighted by Gasteiger charge is 2.61. The van der Waals surface area contributed by atoms with Crippen LogP contribution in [0.3, 0.4) is 0 Å². The Labute approximate surface area is 123 Å². The molecule has 1 N–H and O–H groups in total. The Bertz CT molecular complexity index is 578. The van der Waals surface area contributed by atoms with E-state index in [1.54, 1.807) is 0 Å². The van der Waals surface area contributed by atoms with E-state index in [4.69, 9.17) is 0 Å². The van der Waals surface area contributed by atoms with E-state index in [0.717, 1.165) is 25.0 Å². The number of fused-ring (bicyclic) bond motifs is 2. The number of halogens is 2. The maximum atomic E-state index is 13.7. The molecule has 0 spiro atoms. The van der Waals surface area contributed by atoms with Crippen LogP contribution in [0.5, 0.6) is 0 Å². The highest BCUT2D eigenvalue weighted by Crippen LogP contribution is 2.65. The lowest BCUT2D eigenvalue weighted by molar-refractivity contribution is 0.0818. The first-order chi connectivity index (χ1) is 9.77. The summed E-state index contributed by atoms with van der Waals surface area (Å²) in [6, 6.07) is 3.48. The van der Waals surface area contributed by atoms with Crippen LogP contribution in [0.15, 0.2) is 18.2 Å². The van der Waals surface area contributed by atoms with Crippen LogP contribution in [0.25, 0.3) is 0 Å². The average molecular weight is 293 g/mol. The van der Waals surface area contributed by atoms with Crippen molar-refractivity contribution < 1.29 is 13.6 Å². The molecule has 21 heavy (non-hydrogen) atoms. The minimum atomic E-state index is -0.805. The molecule has 114 valence electrons. The van der Waals surface area contributed by atoms with Crippen molar-refractivity contribution in [3.63, 3.8) is 0 Å². The van der Waals surface area contributed by atoms with Crippen molar-refractivity contribution in [3.8, 4) is 0 Å². The van der Waals surface area contributed by atoms with E-state index in [2.05, 4.69) is 26.1 Å². The van der Waals surface area contributed by atoms with Gasteiger partial charge in [0.2, 0.25) is 0 Å². The number of carbonyl (C=O) groups is 1. The van der Waals surface area contributed by atoms with Gasteiger partial charge in [0.15, 0.2) is 0 Å². The quantitative estimate of drug-likeness (QED) is 0.880. The van der Waals surface area contributed by atoms with Gasteiger partial charge in [0.05, 0.1) is 0 Å². The zero-order valence-electron chi connectivity index (χ0n) is 12.7. The molecule has 0 radical (unpaired) electrons. The van der Waals surface area contributed by atoms with Crippen LogP contribution in [-0.4, -0.2) is 11.9 Å². The molecule has 0 saturated heterocycles. The molecule has 0 heterocycles. The number of benzene rings is 1. The summed E-state index contributed by atoms with van der Waals surface area (Å²) in [6.07, 6.45) is 3.12. The molecule has 3 atom stereocenters. The predicted octanol–water partition coefficient (Wildman–Crippen LogP) is 3.91. The van der Waals surface area contributed by atoms with Gasteiger partial charge in [0.1, 0.15) is 17.2 Å². The summed E-state index contributed by atoms with van der Waals surface area (Å²) in [4.78, 5) is 12.3. The molecule has 0 aromatic heterocycles. The molecule has 2 bridgehead atoms. The maximum absolute atomic E-state index is 13.7. The van der Waals surface area contributed by atoms with Crippen LogP contribution >= 0.6 is 0 Å². The van der Waals surface area contributed by atoms with E-state index < -0.39 is 23.1 Å². The molecule has 0 aliphatic heterocycles. The van der Waals surface area contributed by atoms with Crippen LogP contribution in [-0.2, 0) is 0 Å². The third-order valence-corrected chi connectivity index (χ3v) is 6.29. The van der Waals surface area contributed by atoms with Gasteiger partial charge in [-0.15, -0.1) is 0 Å². The lowest BCUT2D eigenvalue weighted by atomic mass is 9.69. The molecule has 1 aromatic rings. The Balaban J connectivity index is 1.84. The molecule has 3 rings (SSSR count). The Morgan fingerprint density at radius 1 is 1.24 bits per heavy atom. The van der Waals surface area contributed by atoms with Gasteiger partial charge in [-0.3, -0.25) is 4.79 Å². The smallest absolute Gasteiger partial charge is 0.257 e. The summed E-state index contributed by atoms with van der Waals surface area (Å²) in [5.74, 6) is -1.68. The zero-order chi connectivity index (χ0) is 15.4. The molecule has 2 aliphatic carbocycles. The molecule has 3 unspecified atom stereocenters. The second-order valence-electron chi connectivity index (χ2n) is 7.23. The predicted molar refractivity (Wildman–Crippen MR) is 76.8 cm³/mol. The van der Waals surface area contributed by atoms with Crippen molar-refractivity contribution in [2.45, 2.75) is 46.1 Å². The fraction of sp³-hybridized carbons (Fsp3) is 0.588. The van der Waals surface area contributed by atoms with E-state index in [1.165, 1.54) is 12.5 Å². The van der Waals surface area contributed by atoms with E-state index in [-0.39, 0.29) is 16.9 Å². The summed E-state index contributed by atoms with van der Waals surface area (Å²) in [6.45, 7) is 6.66. The van der Waals surface area contributed by atoms with E-state index in [1.807, 2.05) is 0 Å². The van der Waals surface area contributed by atoms with E-state index in [9.17, 15) is 13.6 Å². The zero-order valence-corrected chi connectivity index (χ0v) is 12.7. The first kappa shape index (κ1) is 14.5. The van der Waals surface area contributed by atoms with E-state index >= 15 is 0 Å². The highest BCUT2D eigenvalue weighted by atomic mass is 19.1. The second-order valence-corrected chi connectivity index (χ2v) is 7.23. The van der Waals surface area contributed by atoms with Crippen molar-refractivity contribution in [2.24, 2.45) is 16.7 Å². The van der Waals surface area contributed by atoms with Gasteiger partial charge in [0, 0.05) is 6.04 Å². The summed E-state index contributed by atoms with van der Waals surface area (Å²) >= 11 is 0. The van der Waals surface area contributed by atoms with Gasteiger partial charge in [-0.1, -0.05) is 26.8 Å². The Kier molecular flexibility index (Phi) is 3.12. The van der Waals surface area contributed by atoms with Crippen molar-refractivity contribution in [1.82, 2.24) is 5.32 Å². The number of amides is 1. The Morgan fingerprint density at radius 3 is 2.33 bits per heavy atom. The molecule has 1 aromatic carbocycles. The van der Waals surface area contributed by atoms with Gasteiger partial charge in [-0.05, 0) is 48.1 Å². The molecule has 2 fully saturated rings. The Hall–Kier alpha value is -1.45. The first-order valence-electron chi connectivity index (χ1n) is 7.52. The van der Waals surface area contributed by atoms with Crippen LogP contribution < -0.4 is 5.32 Å². The van der Waals surface area contributed by atoms with Gasteiger partial charge < -0.3 is 5.32 Å². The fourth-order valence-electron chi connectivity index (χ4n) is 4.37. The molecule has 2 saturated carbocycles. The summed E-state index contributed by atoms with van der Waals surface area (Å²) in [5.41, 5.74) is -0.324. The van der Waals surface area contributed by atoms with Crippen molar-refractivity contribution in [1.29, 1.82) is 0 Å². The molecule has 2 aliphatic rings. The fourth-order valence-corrected chi connectivity index (χ4v) is 4.37. The monoisotopic (exact) mass is 293 g/mol. The third kappa shape index (κ3) is 1.91. The number of carbonyl (C=O) groups excluding carboxylic acids is 1. The van der Waals surface area contributed by atoms with Gasteiger partial charge in [0.25, 0.3) is 5.91 Å². The minimum absolute atomic E-state index is 0.00490. The number of rotatable bonds is 2. The highest BCUT2D eigenvalue weighted by molar-refractivity contribution is 5.95. The lowest BCUT2D eigenvalue weighted by Crippen LogP contribution is -2.47. The van der Waals surface area contributed by atoms with Crippen LogP contribution in [0.2, 0.25) is 0 Å². The van der Waals surface area contributed by atoms with Crippen molar-refractivity contribution in [2.75, 3.05) is 0 Å². The Morgan fingerprint density at radius 2 is 1.86 bits per heavy atom.